The first kappa shape index (κ1) is 12.4. The molecule has 1 atom stereocenters. The largest absolute Gasteiger partial charge is 0.480 e. The van der Waals surface area contributed by atoms with E-state index in [9.17, 15) is 14.9 Å². The molecule has 0 spiro atoms. The molecular weight excluding hydrogens is 228 g/mol. The predicted octanol–water partition coefficient (Wildman–Crippen LogP) is 0.746. The second kappa shape index (κ2) is 4.89. The number of carboxylic acid groups (broad SMARTS) is 1. The van der Waals surface area contributed by atoms with Crippen LogP contribution in [-0.4, -0.2) is 27.0 Å². The number of aliphatic carboxylic acids is 1. The highest BCUT2D eigenvalue weighted by atomic mass is 16.6. The van der Waals surface area contributed by atoms with Crippen molar-refractivity contribution in [3.05, 3.63) is 27.9 Å². The minimum absolute atomic E-state index is 0.0326. The summed E-state index contributed by atoms with van der Waals surface area (Å²) in [5.74, 6) is -1.34. The predicted molar refractivity (Wildman–Crippen MR) is 56.3 cm³/mol. The van der Waals surface area contributed by atoms with Crippen LogP contribution in [0, 0.1) is 21.4 Å². The van der Waals surface area contributed by atoms with Crippen molar-refractivity contribution in [2.45, 2.75) is 13.0 Å². The molecule has 1 aromatic rings. The number of carboxylic acids is 1. The second-order valence-corrected chi connectivity index (χ2v) is 3.16. The summed E-state index contributed by atoms with van der Waals surface area (Å²) >= 11 is 0. The van der Waals surface area contributed by atoms with Crippen molar-refractivity contribution in [1.82, 2.24) is 4.98 Å². The van der Waals surface area contributed by atoms with E-state index in [-0.39, 0.29) is 11.4 Å². The van der Waals surface area contributed by atoms with Crippen LogP contribution in [0.15, 0.2) is 12.3 Å². The zero-order valence-corrected chi connectivity index (χ0v) is 8.75. The van der Waals surface area contributed by atoms with Crippen molar-refractivity contribution in [2.75, 3.05) is 5.32 Å². The van der Waals surface area contributed by atoms with Gasteiger partial charge in [0.1, 0.15) is 12.1 Å². The first-order valence-electron chi connectivity index (χ1n) is 4.49. The third-order valence-electron chi connectivity index (χ3n) is 1.92. The van der Waals surface area contributed by atoms with Gasteiger partial charge in [-0.25, -0.2) is 4.98 Å². The summed E-state index contributed by atoms with van der Waals surface area (Å²) in [6.07, 6.45) is 1.13. The van der Waals surface area contributed by atoms with Crippen molar-refractivity contribution in [2.24, 2.45) is 0 Å². The minimum Gasteiger partial charge on any atom is -0.480 e. The van der Waals surface area contributed by atoms with Gasteiger partial charge in [0.05, 0.1) is 10.5 Å². The van der Waals surface area contributed by atoms with Crippen molar-refractivity contribution in [3.8, 4) is 6.07 Å². The van der Waals surface area contributed by atoms with Gasteiger partial charge in [-0.15, -0.1) is 0 Å². The van der Waals surface area contributed by atoms with Crippen molar-refractivity contribution in [1.29, 1.82) is 5.26 Å². The lowest BCUT2D eigenvalue weighted by Gasteiger charge is -2.09. The van der Waals surface area contributed by atoms with E-state index in [1.807, 2.05) is 0 Å². The van der Waals surface area contributed by atoms with Gasteiger partial charge in [0.2, 0.25) is 5.82 Å². The highest BCUT2D eigenvalue weighted by Gasteiger charge is 2.20. The Bertz CT molecular complexity index is 508. The Labute approximate surface area is 95.7 Å². The van der Waals surface area contributed by atoms with Crippen LogP contribution in [0.1, 0.15) is 12.5 Å². The molecule has 1 heterocycles. The van der Waals surface area contributed by atoms with Gasteiger partial charge in [-0.1, -0.05) is 0 Å². The number of rotatable bonds is 4. The molecule has 0 saturated heterocycles. The monoisotopic (exact) mass is 236 g/mol. The molecule has 0 aliphatic rings. The molecule has 0 bridgehead atoms. The third-order valence-corrected chi connectivity index (χ3v) is 1.92. The molecule has 17 heavy (non-hydrogen) atoms. The Hall–Kier alpha value is -2.69. The number of nitrogens with one attached hydrogen (secondary N) is 1. The quantitative estimate of drug-likeness (QED) is 0.582. The molecule has 8 nitrogen and oxygen atoms in total. The molecule has 0 aromatic carbocycles. The molecule has 88 valence electrons. The fourth-order valence-corrected chi connectivity index (χ4v) is 1.03. The summed E-state index contributed by atoms with van der Waals surface area (Å²) in [5.41, 5.74) is -0.401. The fourth-order valence-electron chi connectivity index (χ4n) is 1.03. The molecular formula is C9H8N4O4. The zero-order chi connectivity index (χ0) is 13.0. The van der Waals surface area contributed by atoms with E-state index >= 15 is 0 Å². The maximum Gasteiger partial charge on any atom is 0.325 e. The summed E-state index contributed by atoms with van der Waals surface area (Å²) in [4.78, 5) is 24.2. The van der Waals surface area contributed by atoms with Crippen LogP contribution in [0.2, 0.25) is 0 Å². The molecule has 0 aliphatic carbocycles. The molecule has 0 fully saturated rings. The van der Waals surface area contributed by atoms with Crippen molar-refractivity contribution < 1.29 is 14.8 Å². The smallest absolute Gasteiger partial charge is 0.325 e. The lowest BCUT2D eigenvalue weighted by atomic mass is 10.2. The van der Waals surface area contributed by atoms with Gasteiger partial charge in [0.15, 0.2) is 0 Å². The Kier molecular flexibility index (Phi) is 3.56. The summed E-state index contributed by atoms with van der Waals surface area (Å²) in [6.45, 7) is 1.33. The normalized spacial score (nSPS) is 11.3. The highest BCUT2D eigenvalue weighted by Crippen LogP contribution is 2.23. The van der Waals surface area contributed by atoms with Gasteiger partial charge in [0, 0.05) is 12.3 Å². The van der Waals surface area contributed by atoms with E-state index in [0.717, 1.165) is 12.3 Å². The van der Waals surface area contributed by atoms with Gasteiger partial charge in [-0.3, -0.25) is 14.9 Å². The number of aromatic nitrogens is 1. The molecule has 0 amide bonds. The van der Waals surface area contributed by atoms with Gasteiger partial charge < -0.3 is 10.4 Å². The molecule has 0 radical (unpaired) electrons. The second-order valence-electron chi connectivity index (χ2n) is 3.16. The average Bonchev–Trinajstić information content (AvgIpc) is 2.29. The van der Waals surface area contributed by atoms with Crippen LogP contribution < -0.4 is 5.32 Å². The summed E-state index contributed by atoms with van der Waals surface area (Å²) in [5, 5.41) is 30.3. The Morgan fingerprint density at radius 3 is 2.88 bits per heavy atom. The van der Waals surface area contributed by atoms with Crippen LogP contribution in [0.4, 0.5) is 11.5 Å². The van der Waals surface area contributed by atoms with Gasteiger partial charge in [0.25, 0.3) is 0 Å². The van der Waals surface area contributed by atoms with E-state index in [1.54, 1.807) is 6.07 Å². The van der Waals surface area contributed by atoms with Crippen LogP contribution >= 0.6 is 0 Å². The lowest BCUT2D eigenvalue weighted by molar-refractivity contribution is -0.384. The first-order valence-corrected chi connectivity index (χ1v) is 4.49. The summed E-state index contributed by atoms with van der Waals surface area (Å²) in [7, 11) is 0. The lowest BCUT2D eigenvalue weighted by Crippen LogP contribution is -2.26. The SMILES string of the molecule is CC(Nc1ncc(C#N)cc1[N+](=O)[O-])C(=O)O. The van der Waals surface area contributed by atoms with Gasteiger partial charge >= 0.3 is 11.7 Å². The maximum absolute atomic E-state index is 10.7. The van der Waals surface area contributed by atoms with E-state index in [2.05, 4.69) is 10.3 Å². The molecule has 8 heteroatoms. The van der Waals surface area contributed by atoms with E-state index in [4.69, 9.17) is 10.4 Å². The molecule has 0 saturated carbocycles. The number of nitro groups is 1. The molecule has 1 rings (SSSR count). The number of anilines is 1. The van der Waals surface area contributed by atoms with Crippen molar-refractivity contribution >= 4 is 17.5 Å². The molecule has 2 N–H and O–H groups in total. The number of nitriles is 1. The Morgan fingerprint density at radius 2 is 2.41 bits per heavy atom. The molecule has 1 aromatic heterocycles. The van der Waals surface area contributed by atoms with Gasteiger partial charge in [-0.05, 0) is 6.92 Å². The van der Waals surface area contributed by atoms with Crippen molar-refractivity contribution in [3.63, 3.8) is 0 Å². The molecule has 1 unspecified atom stereocenters. The van der Waals surface area contributed by atoms with Crippen LogP contribution in [-0.2, 0) is 4.79 Å². The number of pyridine rings is 1. The van der Waals surface area contributed by atoms with Crippen LogP contribution in [0.25, 0.3) is 0 Å². The Morgan fingerprint density at radius 1 is 1.76 bits per heavy atom. The van der Waals surface area contributed by atoms with E-state index < -0.39 is 22.6 Å². The summed E-state index contributed by atoms with van der Waals surface area (Å²) < 4.78 is 0. The van der Waals surface area contributed by atoms with Gasteiger partial charge in [-0.2, -0.15) is 5.26 Å². The average molecular weight is 236 g/mol. The fraction of sp³-hybridized carbons (Fsp3) is 0.222. The first-order chi connectivity index (χ1) is 7.95. The number of hydrogen-bond acceptors (Lipinski definition) is 6. The number of hydrogen-bond donors (Lipinski definition) is 2. The number of nitrogens with zero attached hydrogens (tertiary/aromatic N) is 3. The van der Waals surface area contributed by atoms with E-state index in [0.29, 0.717) is 0 Å². The maximum atomic E-state index is 10.7. The zero-order valence-electron chi connectivity index (χ0n) is 8.75. The minimum atomic E-state index is -1.16. The third kappa shape index (κ3) is 2.88. The summed E-state index contributed by atoms with van der Waals surface area (Å²) in [6, 6.07) is 1.73. The topological polar surface area (TPSA) is 129 Å². The van der Waals surface area contributed by atoms with E-state index in [1.165, 1.54) is 6.92 Å². The Balaban J connectivity index is 3.12. The number of carbonyl (C=O) groups is 1. The standard InChI is InChI=1S/C9H8N4O4/c1-5(9(14)15)12-8-7(13(16)17)2-6(3-10)4-11-8/h2,4-5H,1H3,(H,11,12)(H,14,15). The van der Waals surface area contributed by atoms with Crippen LogP contribution in [0.3, 0.4) is 0 Å². The van der Waals surface area contributed by atoms with Crippen LogP contribution in [0.5, 0.6) is 0 Å². The molecule has 0 aliphatic heterocycles. The highest BCUT2D eigenvalue weighted by molar-refractivity contribution is 5.77.